The predicted molar refractivity (Wildman–Crippen MR) is 202 cm³/mol. The molecule has 254 valence electrons. The molecule has 0 saturated carbocycles. The first-order valence-corrected chi connectivity index (χ1v) is 17.1. The zero-order valence-electron chi connectivity index (χ0n) is 27.8. The number of H-pyrrole nitrogens is 2. The SMILES string of the molecule is Oc1ccccc1/C1=C2\C=CC(N2)/C(c2ccccc2O)=c2/cc/c([nH]2)=C(\c2ccccc2O)C2C=C/C(=C(\c3ccccc3O)c3ccc1[nH]3)N2. The lowest BCUT2D eigenvalue weighted by Gasteiger charge is -2.20. The van der Waals surface area contributed by atoms with Crippen molar-refractivity contribution in [1.29, 1.82) is 0 Å². The van der Waals surface area contributed by atoms with Crippen LogP contribution in [0.5, 0.6) is 23.0 Å². The summed E-state index contributed by atoms with van der Waals surface area (Å²) in [5.74, 6) is 0.538. The summed E-state index contributed by atoms with van der Waals surface area (Å²) in [5.41, 5.74) is 8.76. The average Bonchev–Trinajstić information content (AvgIpc) is 3.99. The zero-order chi connectivity index (χ0) is 35.3. The number of fused-ring (bicyclic) bond motifs is 8. The summed E-state index contributed by atoms with van der Waals surface area (Å²) in [6.45, 7) is 0. The number of rotatable bonds is 4. The van der Waals surface area contributed by atoms with Gasteiger partial charge in [0.05, 0.1) is 12.1 Å². The summed E-state index contributed by atoms with van der Waals surface area (Å²) in [6, 6.07) is 36.2. The summed E-state index contributed by atoms with van der Waals surface area (Å²) in [4.78, 5) is 7.29. The number of hydrogen-bond donors (Lipinski definition) is 8. The van der Waals surface area contributed by atoms with Gasteiger partial charge in [-0.25, -0.2) is 0 Å². The molecular formula is C44H34N4O4. The molecule has 6 aromatic rings. The Kier molecular flexibility index (Phi) is 7.36. The van der Waals surface area contributed by atoms with E-state index in [0.717, 1.165) is 55.8 Å². The highest BCUT2D eigenvalue weighted by Crippen LogP contribution is 2.39. The first kappa shape index (κ1) is 31.0. The van der Waals surface area contributed by atoms with Crippen LogP contribution in [0.25, 0.3) is 22.3 Å². The third-order valence-corrected chi connectivity index (χ3v) is 9.92. The van der Waals surface area contributed by atoms with Gasteiger partial charge in [-0.1, -0.05) is 84.9 Å². The Morgan fingerprint density at radius 1 is 0.385 bits per heavy atom. The van der Waals surface area contributed by atoms with Gasteiger partial charge in [0.2, 0.25) is 0 Å². The van der Waals surface area contributed by atoms with Crippen LogP contribution < -0.4 is 21.3 Å². The van der Waals surface area contributed by atoms with E-state index >= 15 is 0 Å². The molecule has 0 fully saturated rings. The molecule has 2 atom stereocenters. The fourth-order valence-electron chi connectivity index (χ4n) is 7.56. The predicted octanol–water partition coefficient (Wildman–Crippen LogP) is 5.85. The van der Waals surface area contributed by atoms with Crippen LogP contribution in [-0.2, 0) is 0 Å². The number of hydrogen-bond acceptors (Lipinski definition) is 6. The third kappa shape index (κ3) is 5.16. The molecule has 8 nitrogen and oxygen atoms in total. The maximum Gasteiger partial charge on any atom is 0.123 e. The molecule has 0 aliphatic carbocycles. The number of benzene rings is 4. The minimum absolute atomic E-state index is 0.128. The van der Waals surface area contributed by atoms with E-state index in [1.54, 1.807) is 48.5 Å². The Hall–Kier alpha value is -7.06. The lowest BCUT2D eigenvalue weighted by Crippen LogP contribution is -2.32. The standard InChI is InChI=1S/C44H34N4O4/c49-37-13-5-1-9-25(37)41-29-17-19-31(45-29)42(26-10-2-6-14-38(26)50)33-21-23-35(47-33)44(28-12-4-8-16-40(28)52)36-24-22-34(48-36)43(32-20-18-30(41)46-32)27-11-3-7-15-39(27)51/h1-24,29,34,45-52H/b41-30-,42-31-,43-32-,44-36-. The quantitative estimate of drug-likeness (QED) is 0.118. The highest BCUT2D eigenvalue weighted by Gasteiger charge is 2.29. The molecule has 0 saturated heterocycles. The van der Waals surface area contributed by atoms with Gasteiger partial charge in [-0.15, -0.1) is 0 Å². The highest BCUT2D eigenvalue weighted by atomic mass is 16.3. The number of phenols is 4. The van der Waals surface area contributed by atoms with Crippen molar-refractivity contribution in [1.82, 2.24) is 20.6 Å². The molecule has 2 aromatic heterocycles. The molecule has 4 aromatic carbocycles. The minimum atomic E-state index is -0.376. The van der Waals surface area contributed by atoms with Gasteiger partial charge in [-0.05, 0) is 60.7 Å². The second kappa shape index (κ2) is 12.4. The summed E-state index contributed by atoms with van der Waals surface area (Å²) < 4.78 is 0. The second-order valence-electron chi connectivity index (χ2n) is 13.0. The number of allylic oxidation sites excluding steroid dienone is 2. The summed E-state index contributed by atoms with van der Waals surface area (Å²) in [5, 5.41) is 53.7. The van der Waals surface area contributed by atoms with Crippen molar-refractivity contribution in [3.63, 3.8) is 0 Å². The number of para-hydroxylation sites is 4. The Morgan fingerprint density at radius 3 is 1.13 bits per heavy atom. The molecule has 9 rings (SSSR count). The number of aromatic hydroxyl groups is 4. The van der Waals surface area contributed by atoms with Gasteiger partial charge in [0.15, 0.2) is 0 Å². The van der Waals surface area contributed by atoms with Gasteiger partial charge in [-0.2, -0.15) is 0 Å². The van der Waals surface area contributed by atoms with Crippen molar-refractivity contribution in [2.45, 2.75) is 12.1 Å². The van der Waals surface area contributed by atoms with Crippen molar-refractivity contribution >= 4 is 22.3 Å². The average molecular weight is 683 g/mol. The van der Waals surface area contributed by atoms with Crippen LogP contribution in [-0.4, -0.2) is 42.5 Å². The first-order chi connectivity index (χ1) is 25.4. The molecule has 3 aliphatic heterocycles. The first-order valence-electron chi connectivity index (χ1n) is 17.1. The van der Waals surface area contributed by atoms with E-state index in [4.69, 9.17) is 0 Å². The van der Waals surface area contributed by atoms with E-state index < -0.39 is 0 Å². The molecule has 5 heterocycles. The largest absolute Gasteiger partial charge is 0.507 e. The smallest absolute Gasteiger partial charge is 0.123 e. The Bertz CT molecular complexity index is 2480. The zero-order valence-corrected chi connectivity index (χ0v) is 27.8. The highest BCUT2D eigenvalue weighted by molar-refractivity contribution is 5.90. The third-order valence-electron chi connectivity index (χ3n) is 9.92. The molecule has 3 aliphatic rings. The Balaban J connectivity index is 1.39. The monoisotopic (exact) mass is 682 g/mol. The van der Waals surface area contributed by atoms with Crippen molar-refractivity contribution in [3.05, 3.63) is 201 Å². The molecule has 0 spiro atoms. The lowest BCUT2D eigenvalue weighted by atomic mass is 9.97. The number of aromatic nitrogens is 2. The topological polar surface area (TPSA) is 137 Å². The van der Waals surface area contributed by atoms with E-state index in [9.17, 15) is 20.4 Å². The van der Waals surface area contributed by atoms with Gasteiger partial charge >= 0.3 is 0 Å². The maximum atomic E-state index is 11.2. The fourth-order valence-corrected chi connectivity index (χ4v) is 7.56. The van der Waals surface area contributed by atoms with Gasteiger partial charge in [0.25, 0.3) is 0 Å². The van der Waals surface area contributed by atoms with E-state index in [1.165, 1.54) is 0 Å². The van der Waals surface area contributed by atoms with E-state index in [0.29, 0.717) is 22.3 Å². The van der Waals surface area contributed by atoms with Crippen molar-refractivity contribution < 1.29 is 20.4 Å². The van der Waals surface area contributed by atoms with Crippen molar-refractivity contribution in [3.8, 4) is 23.0 Å². The number of nitrogens with one attached hydrogen (secondary N) is 4. The van der Waals surface area contributed by atoms with Crippen molar-refractivity contribution in [2.24, 2.45) is 0 Å². The molecule has 0 amide bonds. The van der Waals surface area contributed by atoms with Crippen LogP contribution in [0.15, 0.2) is 157 Å². The second-order valence-corrected chi connectivity index (χ2v) is 13.0. The Labute approximate surface area is 299 Å². The summed E-state index contributed by atoms with van der Waals surface area (Å²) in [6.07, 6.45) is 8.11. The van der Waals surface area contributed by atoms with E-state index in [2.05, 4.69) is 32.8 Å². The van der Waals surface area contributed by atoms with Gasteiger partial charge in [-0.3, -0.25) is 0 Å². The van der Waals surface area contributed by atoms with Gasteiger partial charge in [0.1, 0.15) is 23.0 Å². The van der Waals surface area contributed by atoms with Crippen LogP contribution in [0.1, 0.15) is 33.6 Å². The van der Waals surface area contributed by atoms with Gasteiger partial charge in [0, 0.05) is 78.0 Å². The van der Waals surface area contributed by atoms with Crippen LogP contribution in [0.2, 0.25) is 0 Å². The molecular weight excluding hydrogens is 649 g/mol. The van der Waals surface area contributed by atoms with Crippen molar-refractivity contribution in [2.75, 3.05) is 0 Å². The van der Waals surface area contributed by atoms with Gasteiger partial charge < -0.3 is 41.0 Å². The number of phenolic OH excluding ortho intramolecular Hbond substituents is 4. The lowest BCUT2D eigenvalue weighted by molar-refractivity contribution is 0.472. The number of aromatic amines is 2. The normalized spacial score (nSPS) is 22.7. The molecule has 0 radical (unpaired) electrons. The summed E-state index contributed by atoms with van der Waals surface area (Å²) in [7, 11) is 0. The maximum absolute atomic E-state index is 11.2. The molecule has 8 N–H and O–H groups in total. The van der Waals surface area contributed by atoms with Crippen LogP contribution in [0.4, 0.5) is 0 Å². The Morgan fingerprint density at radius 2 is 0.750 bits per heavy atom. The fraction of sp³-hybridized carbons (Fsp3) is 0.0455. The molecule has 52 heavy (non-hydrogen) atoms. The van der Waals surface area contributed by atoms with Crippen LogP contribution >= 0.6 is 0 Å². The van der Waals surface area contributed by atoms with E-state index in [1.807, 2.05) is 84.9 Å². The summed E-state index contributed by atoms with van der Waals surface area (Å²) >= 11 is 0. The van der Waals surface area contributed by atoms with Crippen LogP contribution in [0.3, 0.4) is 0 Å². The van der Waals surface area contributed by atoms with E-state index in [-0.39, 0.29) is 35.1 Å². The van der Waals surface area contributed by atoms with Crippen LogP contribution in [0, 0.1) is 0 Å². The molecule has 2 unspecified atom stereocenters. The molecule has 8 heteroatoms. The minimum Gasteiger partial charge on any atom is -0.507 e. The molecule has 8 bridgehead atoms.